The Labute approximate surface area is 114 Å². The van der Waals surface area contributed by atoms with Crippen LogP contribution in [-0.4, -0.2) is 32.8 Å². The van der Waals surface area contributed by atoms with Crippen LogP contribution >= 0.6 is 0 Å². The zero-order valence-electron chi connectivity index (χ0n) is 11.6. The molecule has 0 unspecified atom stereocenters. The molecule has 1 fully saturated rings. The number of nitrogens with two attached hydrogens (primary N) is 1. The minimum absolute atomic E-state index is 0.361. The third-order valence-corrected chi connectivity index (χ3v) is 4.29. The van der Waals surface area contributed by atoms with Crippen LogP contribution in [0, 0.1) is 0 Å². The summed E-state index contributed by atoms with van der Waals surface area (Å²) in [5, 5.41) is 3.47. The Kier molecular flexibility index (Phi) is 3.62. The number of hydrogen-bond acceptors (Lipinski definition) is 4. The van der Waals surface area contributed by atoms with E-state index in [4.69, 9.17) is 10.5 Å². The van der Waals surface area contributed by atoms with Gasteiger partial charge in [0.15, 0.2) is 0 Å². The number of piperidine rings is 1. The van der Waals surface area contributed by atoms with Gasteiger partial charge < -0.3 is 20.7 Å². The van der Waals surface area contributed by atoms with Crippen molar-refractivity contribution in [3.05, 3.63) is 23.3 Å². The van der Waals surface area contributed by atoms with Crippen LogP contribution in [-0.2, 0) is 13.0 Å². The predicted octanol–water partition coefficient (Wildman–Crippen LogP) is 1.27. The molecular weight excluding hydrogens is 238 g/mol. The van der Waals surface area contributed by atoms with E-state index in [1.54, 1.807) is 7.11 Å². The Morgan fingerprint density at radius 1 is 1.32 bits per heavy atom. The van der Waals surface area contributed by atoms with E-state index < -0.39 is 0 Å². The number of nitrogens with one attached hydrogen (secondary N) is 1. The molecule has 1 aromatic rings. The first kappa shape index (κ1) is 12.8. The molecule has 0 radical (unpaired) electrons. The molecule has 4 heteroatoms. The molecule has 0 bridgehead atoms. The summed E-state index contributed by atoms with van der Waals surface area (Å²) in [5.41, 5.74) is 10.2. The molecule has 2 heterocycles. The first-order valence-corrected chi connectivity index (χ1v) is 7.19. The van der Waals surface area contributed by atoms with Crippen LogP contribution in [0.4, 0.5) is 5.69 Å². The molecule has 0 amide bonds. The summed E-state index contributed by atoms with van der Waals surface area (Å²) < 4.78 is 5.59. The van der Waals surface area contributed by atoms with Gasteiger partial charge in [-0.05, 0) is 43.0 Å². The summed E-state index contributed by atoms with van der Waals surface area (Å²) in [5.74, 6) is 0.998. The molecule has 0 aliphatic carbocycles. The molecular formula is C15H23N3O. The summed E-state index contributed by atoms with van der Waals surface area (Å²) in [4.78, 5) is 2.45. The minimum Gasteiger partial charge on any atom is -0.495 e. The van der Waals surface area contributed by atoms with Gasteiger partial charge in [-0.25, -0.2) is 0 Å². The second kappa shape index (κ2) is 5.39. The van der Waals surface area contributed by atoms with E-state index in [-0.39, 0.29) is 0 Å². The standard InChI is InChI=1S/C15H23N3O/c1-19-14-3-2-11-4-7-17-10-13(11)15(14)18-8-5-12(16)6-9-18/h2-3,12,17H,4-10,16H2,1H3. The summed E-state index contributed by atoms with van der Waals surface area (Å²) in [6.07, 6.45) is 3.25. The maximum atomic E-state index is 6.01. The van der Waals surface area contributed by atoms with Gasteiger partial charge in [0, 0.05) is 25.7 Å². The smallest absolute Gasteiger partial charge is 0.142 e. The van der Waals surface area contributed by atoms with Crippen molar-refractivity contribution in [2.24, 2.45) is 5.73 Å². The molecule has 0 spiro atoms. The lowest BCUT2D eigenvalue weighted by Crippen LogP contribution is -2.41. The van der Waals surface area contributed by atoms with Gasteiger partial charge in [-0.3, -0.25) is 0 Å². The van der Waals surface area contributed by atoms with Crippen molar-refractivity contribution in [2.45, 2.75) is 31.8 Å². The highest BCUT2D eigenvalue weighted by atomic mass is 16.5. The van der Waals surface area contributed by atoms with Gasteiger partial charge in [-0.15, -0.1) is 0 Å². The highest BCUT2D eigenvalue weighted by Crippen LogP contribution is 2.37. The first-order chi connectivity index (χ1) is 9.29. The Bertz CT molecular complexity index is 453. The Morgan fingerprint density at radius 3 is 2.84 bits per heavy atom. The summed E-state index contributed by atoms with van der Waals surface area (Å²) in [6.45, 7) is 4.09. The normalized spacial score (nSPS) is 20.2. The summed E-state index contributed by atoms with van der Waals surface area (Å²) in [7, 11) is 1.76. The fourth-order valence-electron chi connectivity index (χ4n) is 3.16. The molecule has 0 saturated carbocycles. The van der Waals surface area contributed by atoms with Crippen LogP contribution < -0.4 is 20.7 Å². The fraction of sp³-hybridized carbons (Fsp3) is 0.600. The number of fused-ring (bicyclic) bond motifs is 1. The van der Waals surface area contributed by atoms with Gasteiger partial charge in [-0.2, -0.15) is 0 Å². The number of benzene rings is 1. The predicted molar refractivity (Wildman–Crippen MR) is 77.8 cm³/mol. The monoisotopic (exact) mass is 261 g/mol. The van der Waals surface area contributed by atoms with Crippen LogP contribution in [0.1, 0.15) is 24.0 Å². The van der Waals surface area contributed by atoms with E-state index in [2.05, 4.69) is 22.3 Å². The quantitative estimate of drug-likeness (QED) is 0.842. The van der Waals surface area contributed by atoms with Crippen LogP contribution in [0.3, 0.4) is 0 Å². The maximum Gasteiger partial charge on any atom is 0.142 e. The third kappa shape index (κ3) is 2.42. The molecule has 3 rings (SSSR count). The van der Waals surface area contributed by atoms with Gasteiger partial charge in [0.25, 0.3) is 0 Å². The largest absolute Gasteiger partial charge is 0.495 e. The zero-order chi connectivity index (χ0) is 13.2. The van der Waals surface area contributed by atoms with Gasteiger partial charge in [0.05, 0.1) is 12.8 Å². The van der Waals surface area contributed by atoms with Gasteiger partial charge in [0.2, 0.25) is 0 Å². The lowest BCUT2D eigenvalue weighted by Gasteiger charge is -2.35. The Balaban J connectivity index is 1.97. The van der Waals surface area contributed by atoms with Crippen molar-refractivity contribution in [2.75, 3.05) is 31.6 Å². The molecule has 1 saturated heterocycles. The van der Waals surface area contributed by atoms with Crippen molar-refractivity contribution >= 4 is 5.69 Å². The van der Waals surface area contributed by atoms with E-state index in [1.807, 2.05) is 0 Å². The van der Waals surface area contributed by atoms with Crippen molar-refractivity contribution in [3.63, 3.8) is 0 Å². The van der Waals surface area contributed by atoms with Crippen LogP contribution in [0.5, 0.6) is 5.75 Å². The highest BCUT2D eigenvalue weighted by molar-refractivity contribution is 5.67. The first-order valence-electron chi connectivity index (χ1n) is 7.19. The average molecular weight is 261 g/mol. The highest BCUT2D eigenvalue weighted by Gasteiger charge is 2.24. The van der Waals surface area contributed by atoms with E-state index >= 15 is 0 Å². The van der Waals surface area contributed by atoms with E-state index in [1.165, 1.54) is 16.8 Å². The van der Waals surface area contributed by atoms with Gasteiger partial charge >= 0.3 is 0 Å². The molecule has 3 N–H and O–H groups in total. The molecule has 2 aliphatic rings. The summed E-state index contributed by atoms with van der Waals surface area (Å²) in [6, 6.07) is 4.70. The lowest BCUT2D eigenvalue weighted by molar-refractivity contribution is 0.409. The number of ether oxygens (including phenoxy) is 1. The zero-order valence-corrected chi connectivity index (χ0v) is 11.6. The molecule has 1 aromatic carbocycles. The number of methoxy groups -OCH3 is 1. The molecule has 19 heavy (non-hydrogen) atoms. The number of anilines is 1. The second-order valence-corrected chi connectivity index (χ2v) is 5.51. The SMILES string of the molecule is COc1ccc2c(c1N1CCC(N)CC1)CNCC2. The van der Waals surface area contributed by atoms with E-state index in [0.717, 1.165) is 51.2 Å². The van der Waals surface area contributed by atoms with Crippen molar-refractivity contribution < 1.29 is 4.74 Å². The van der Waals surface area contributed by atoms with Crippen LogP contribution in [0.25, 0.3) is 0 Å². The van der Waals surface area contributed by atoms with Crippen molar-refractivity contribution in [1.29, 1.82) is 0 Å². The second-order valence-electron chi connectivity index (χ2n) is 5.51. The number of hydrogen-bond donors (Lipinski definition) is 2. The van der Waals surface area contributed by atoms with Crippen molar-refractivity contribution in [1.82, 2.24) is 5.32 Å². The van der Waals surface area contributed by atoms with E-state index in [9.17, 15) is 0 Å². The van der Waals surface area contributed by atoms with Crippen LogP contribution in [0.2, 0.25) is 0 Å². The molecule has 4 nitrogen and oxygen atoms in total. The number of rotatable bonds is 2. The molecule has 0 atom stereocenters. The minimum atomic E-state index is 0.361. The fourth-order valence-corrected chi connectivity index (χ4v) is 3.16. The van der Waals surface area contributed by atoms with Gasteiger partial charge in [0.1, 0.15) is 5.75 Å². The molecule has 2 aliphatic heterocycles. The molecule has 104 valence electrons. The van der Waals surface area contributed by atoms with Crippen LogP contribution in [0.15, 0.2) is 12.1 Å². The Morgan fingerprint density at radius 2 is 2.11 bits per heavy atom. The topological polar surface area (TPSA) is 50.5 Å². The lowest BCUT2D eigenvalue weighted by atomic mass is 9.96. The molecule has 0 aromatic heterocycles. The van der Waals surface area contributed by atoms with Crippen molar-refractivity contribution in [3.8, 4) is 5.75 Å². The van der Waals surface area contributed by atoms with E-state index in [0.29, 0.717) is 6.04 Å². The average Bonchev–Trinajstić information content (AvgIpc) is 2.47. The summed E-state index contributed by atoms with van der Waals surface area (Å²) >= 11 is 0. The third-order valence-electron chi connectivity index (χ3n) is 4.29. The van der Waals surface area contributed by atoms with Gasteiger partial charge in [-0.1, -0.05) is 6.07 Å². The Hall–Kier alpha value is -1.26. The maximum absolute atomic E-state index is 6.01. The number of nitrogens with zero attached hydrogens (tertiary/aromatic N) is 1.